The number of para-hydroxylation sites is 1. The third kappa shape index (κ3) is 4.17. The van der Waals surface area contributed by atoms with Gasteiger partial charge >= 0.3 is 6.03 Å². The van der Waals surface area contributed by atoms with Crippen LogP contribution in [-0.4, -0.2) is 24.1 Å². The van der Waals surface area contributed by atoms with Gasteiger partial charge in [-0.05, 0) is 29.8 Å². The van der Waals surface area contributed by atoms with E-state index in [0.29, 0.717) is 41.1 Å². The van der Waals surface area contributed by atoms with Crippen molar-refractivity contribution < 1.29 is 9.18 Å². The fraction of sp³-hybridized carbons (Fsp3) is 0.143. The van der Waals surface area contributed by atoms with Crippen LogP contribution < -0.4 is 15.1 Å². The summed E-state index contributed by atoms with van der Waals surface area (Å²) in [5.41, 5.74) is 2.79. The Bertz CT molecular complexity index is 1090. The van der Waals surface area contributed by atoms with E-state index >= 15 is 0 Å². The lowest BCUT2D eigenvalue weighted by molar-refractivity contribution is 0.257. The van der Waals surface area contributed by atoms with Crippen LogP contribution in [0.4, 0.5) is 26.2 Å². The Hall–Kier alpha value is -2.54. The number of nitrogens with one attached hydrogen (secondary N) is 1. The van der Waals surface area contributed by atoms with Gasteiger partial charge in [-0.1, -0.05) is 53.0 Å². The number of anilines is 3. The largest absolute Gasteiger partial charge is 0.363 e. The van der Waals surface area contributed by atoms with E-state index in [4.69, 9.17) is 34.8 Å². The van der Waals surface area contributed by atoms with Gasteiger partial charge in [0.05, 0.1) is 26.4 Å². The monoisotopic (exact) mass is 464 g/mol. The van der Waals surface area contributed by atoms with Crippen molar-refractivity contribution in [3.63, 3.8) is 0 Å². The van der Waals surface area contributed by atoms with Gasteiger partial charge in [0.2, 0.25) is 0 Å². The number of carbonyl (C=O) groups is 1. The van der Waals surface area contributed by atoms with Crippen molar-refractivity contribution in [3.8, 4) is 0 Å². The van der Waals surface area contributed by atoms with E-state index in [0.717, 1.165) is 11.3 Å². The topological polar surface area (TPSA) is 48.5 Å². The van der Waals surface area contributed by atoms with Crippen molar-refractivity contribution in [1.29, 1.82) is 0 Å². The highest BCUT2D eigenvalue weighted by Crippen LogP contribution is 2.36. The summed E-state index contributed by atoms with van der Waals surface area (Å²) >= 11 is 18.5. The highest BCUT2D eigenvalue weighted by molar-refractivity contribution is 6.38. The van der Waals surface area contributed by atoms with Crippen molar-refractivity contribution in [2.45, 2.75) is 6.54 Å². The number of nitrogens with zero attached hydrogens (tertiary/aromatic N) is 3. The first-order chi connectivity index (χ1) is 14.4. The van der Waals surface area contributed by atoms with Crippen molar-refractivity contribution in [3.05, 3.63) is 81.3 Å². The molecule has 0 radical (unpaired) electrons. The Balaban J connectivity index is 1.64. The fourth-order valence-electron chi connectivity index (χ4n) is 3.41. The Morgan fingerprint density at radius 3 is 2.47 bits per heavy atom. The number of aromatic nitrogens is 1. The van der Waals surface area contributed by atoms with Crippen LogP contribution in [0.2, 0.25) is 15.1 Å². The first-order valence-corrected chi connectivity index (χ1v) is 10.2. The summed E-state index contributed by atoms with van der Waals surface area (Å²) < 4.78 is 13.4. The van der Waals surface area contributed by atoms with Gasteiger partial charge in [0.25, 0.3) is 0 Å². The summed E-state index contributed by atoms with van der Waals surface area (Å²) in [6.45, 7) is 1.40. The molecule has 1 aliphatic heterocycles. The molecule has 3 aromatic rings. The molecule has 1 N–H and O–H groups in total. The highest BCUT2D eigenvalue weighted by atomic mass is 35.5. The molecule has 30 heavy (non-hydrogen) atoms. The number of rotatable bonds is 2. The molecule has 0 aliphatic carbocycles. The smallest absolute Gasteiger partial charge is 0.326 e. The molecular formula is C21H16Cl3FN4O. The van der Waals surface area contributed by atoms with Crippen molar-refractivity contribution in [2.75, 3.05) is 28.2 Å². The predicted molar refractivity (Wildman–Crippen MR) is 120 cm³/mol. The summed E-state index contributed by atoms with van der Waals surface area (Å²) in [6, 6.07) is 11.3. The van der Waals surface area contributed by atoms with Gasteiger partial charge in [-0.3, -0.25) is 9.88 Å². The minimum atomic E-state index is -0.545. The van der Waals surface area contributed by atoms with E-state index in [1.165, 1.54) is 18.2 Å². The number of hydrogen-bond donors (Lipinski definition) is 1. The van der Waals surface area contributed by atoms with Crippen molar-refractivity contribution >= 4 is 57.9 Å². The predicted octanol–water partition coefficient (Wildman–Crippen LogP) is 6.24. The molecule has 2 heterocycles. The summed E-state index contributed by atoms with van der Waals surface area (Å²) in [5.74, 6) is -0.545. The Morgan fingerprint density at radius 2 is 1.73 bits per heavy atom. The van der Waals surface area contributed by atoms with Crippen molar-refractivity contribution in [1.82, 2.24) is 4.98 Å². The van der Waals surface area contributed by atoms with E-state index in [2.05, 4.69) is 10.3 Å². The molecule has 0 saturated carbocycles. The molecule has 5 nitrogen and oxygen atoms in total. The first-order valence-electron chi connectivity index (χ1n) is 9.09. The van der Waals surface area contributed by atoms with Crippen LogP contribution in [0.3, 0.4) is 0 Å². The number of carbonyl (C=O) groups excluding carboxylic acids is 1. The lowest BCUT2D eigenvalue weighted by Crippen LogP contribution is -2.39. The minimum Gasteiger partial charge on any atom is -0.363 e. The van der Waals surface area contributed by atoms with Gasteiger partial charge < -0.3 is 10.2 Å². The average molecular weight is 466 g/mol. The summed E-state index contributed by atoms with van der Waals surface area (Å²) in [7, 11) is 0. The molecule has 2 amide bonds. The van der Waals surface area contributed by atoms with Crippen LogP contribution in [0.25, 0.3) is 0 Å². The number of benzene rings is 2. The molecule has 9 heteroatoms. The zero-order valence-corrected chi connectivity index (χ0v) is 17.8. The molecule has 154 valence electrons. The summed E-state index contributed by atoms with van der Waals surface area (Å²) in [4.78, 5) is 20.7. The average Bonchev–Trinajstić information content (AvgIpc) is 2.90. The molecule has 1 aliphatic rings. The van der Waals surface area contributed by atoms with E-state index in [1.54, 1.807) is 17.3 Å². The molecule has 1 aromatic heterocycles. The van der Waals surface area contributed by atoms with Crippen LogP contribution in [0, 0.1) is 5.82 Å². The van der Waals surface area contributed by atoms with Gasteiger partial charge in [-0.2, -0.15) is 0 Å². The van der Waals surface area contributed by atoms with Gasteiger partial charge in [-0.25, -0.2) is 9.18 Å². The van der Waals surface area contributed by atoms with E-state index in [-0.39, 0.29) is 11.1 Å². The molecule has 0 bridgehead atoms. The van der Waals surface area contributed by atoms with Gasteiger partial charge in [0, 0.05) is 37.7 Å². The van der Waals surface area contributed by atoms with E-state index in [9.17, 15) is 9.18 Å². The number of amides is 2. The molecule has 0 fully saturated rings. The Morgan fingerprint density at radius 1 is 1.00 bits per heavy atom. The maximum atomic E-state index is 13.4. The summed E-state index contributed by atoms with van der Waals surface area (Å²) in [6.07, 6.45) is 3.09. The van der Waals surface area contributed by atoms with E-state index in [1.807, 2.05) is 29.2 Å². The normalized spacial score (nSPS) is 13.6. The number of fused-ring (bicyclic) bond motifs is 1. The lowest BCUT2D eigenvalue weighted by Gasteiger charge is -2.25. The lowest BCUT2D eigenvalue weighted by atomic mass is 10.1. The third-order valence-electron chi connectivity index (χ3n) is 4.80. The maximum Gasteiger partial charge on any atom is 0.326 e. The Kier molecular flexibility index (Phi) is 5.99. The fourth-order valence-corrected chi connectivity index (χ4v) is 4.19. The van der Waals surface area contributed by atoms with Crippen LogP contribution in [0.15, 0.2) is 54.9 Å². The molecule has 0 atom stereocenters. The zero-order valence-electron chi connectivity index (χ0n) is 15.6. The second-order valence-electron chi connectivity index (χ2n) is 6.71. The molecule has 0 saturated heterocycles. The second-order valence-corrected chi connectivity index (χ2v) is 7.93. The molecule has 0 spiro atoms. The third-order valence-corrected chi connectivity index (χ3v) is 5.64. The van der Waals surface area contributed by atoms with Crippen LogP contribution in [0.5, 0.6) is 0 Å². The van der Waals surface area contributed by atoms with E-state index < -0.39 is 5.82 Å². The van der Waals surface area contributed by atoms with Crippen LogP contribution in [0.1, 0.15) is 5.56 Å². The quantitative estimate of drug-likeness (QED) is 0.487. The zero-order chi connectivity index (χ0) is 21.3. The number of hydrogen-bond acceptors (Lipinski definition) is 3. The number of urea groups is 1. The van der Waals surface area contributed by atoms with Gasteiger partial charge in [0.1, 0.15) is 5.82 Å². The van der Waals surface area contributed by atoms with Crippen LogP contribution >= 0.6 is 34.8 Å². The molecular weight excluding hydrogens is 450 g/mol. The highest BCUT2D eigenvalue weighted by Gasteiger charge is 2.26. The van der Waals surface area contributed by atoms with Gasteiger partial charge in [-0.15, -0.1) is 0 Å². The van der Waals surface area contributed by atoms with Crippen LogP contribution in [-0.2, 0) is 6.54 Å². The molecule has 0 unspecified atom stereocenters. The summed E-state index contributed by atoms with van der Waals surface area (Å²) in [5, 5.41) is 3.61. The SMILES string of the molecule is O=C(Nc1ccc(F)c(Cl)c1)N1CCN(c2c(Cl)cncc2Cl)Cc2ccccc21. The second kappa shape index (κ2) is 8.68. The number of halogens is 4. The molecule has 2 aromatic carbocycles. The standard InChI is InChI=1S/C21H16Cl3FN4O/c22-15-9-14(5-6-18(15)25)27-21(30)29-8-7-28(12-13-3-1-2-4-19(13)29)20-16(23)10-26-11-17(20)24/h1-6,9-11H,7-8,12H2,(H,27,30). The molecule has 4 rings (SSSR count). The maximum absolute atomic E-state index is 13.4. The number of pyridine rings is 1. The Labute approximate surface area is 188 Å². The minimum absolute atomic E-state index is 0.0581. The first kappa shape index (κ1) is 20.7. The van der Waals surface area contributed by atoms with Gasteiger partial charge in [0.15, 0.2) is 0 Å². The van der Waals surface area contributed by atoms with Crippen molar-refractivity contribution in [2.24, 2.45) is 0 Å².